The van der Waals surface area contributed by atoms with Crippen LogP contribution in [0.5, 0.6) is 0 Å². The number of ether oxygens (including phenoxy) is 1. The lowest BCUT2D eigenvalue weighted by Crippen LogP contribution is -2.30. The molecule has 1 saturated heterocycles. The number of carboxylic acids is 2. The number of carboxylic acid groups (broad SMARTS) is 2. The summed E-state index contributed by atoms with van der Waals surface area (Å²) in [5.74, 6) is -2.78. The van der Waals surface area contributed by atoms with E-state index < -0.39 is 11.9 Å². The number of carbonyl (C=O) groups is 3. The summed E-state index contributed by atoms with van der Waals surface area (Å²) in [4.78, 5) is 29.1. The van der Waals surface area contributed by atoms with Crippen LogP contribution in [0.4, 0.5) is 0 Å². The minimum Gasteiger partial charge on any atom is -0.473 e. The molecule has 1 unspecified atom stereocenters. The first-order valence-corrected chi connectivity index (χ1v) is 5.51. The van der Waals surface area contributed by atoms with Crippen molar-refractivity contribution in [1.29, 1.82) is 0 Å². The fourth-order valence-corrected chi connectivity index (χ4v) is 1.71. The molecule has 1 heterocycles. The summed E-state index contributed by atoms with van der Waals surface area (Å²) in [5, 5.41) is 17.7. The van der Waals surface area contributed by atoms with Crippen molar-refractivity contribution in [2.24, 2.45) is 0 Å². The zero-order valence-corrected chi connectivity index (χ0v) is 9.45. The van der Waals surface area contributed by atoms with Crippen LogP contribution in [0.25, 0.3) is 0 Å². The highest BCUT2D eigenvalue weighted by atomic mass is 32.2. The van der Waals surface area contributed by atoms with Crippen molar-refractivity contribution < 1.29 is 29.3 Å². The van der Waals surface area contributed by atoms with Crippen molar-refractivity contribution in [2.45, 2.75) is 12.3 Å². The van der Waals surface area contributed by atoms with Gasteiger partial charge in [0.05, 0.1) is 6.61 Å². The minimum absolute atomic E-state index is 0.111. The van der Waals surface area contributed by atoms with E-state index in [1.165, 1.54) is 0 Å². The van der Waals surface area contributed by atoms with Crippen molar-refractivity contribution in [2.75, 3.05) is 18.9 Å². The van der Waals surface area contributed by atoms with Gasteiger partial charge >= 0.3 is 17.9 Å². The van der Waals surface area contributed by atoms with Crippen LogP contribution in [-0.2, 0) is 19.1 Å². The maximum atomic E-state index is 10.9. The standard InChI is InChI=1S/C6H11NO2S.C2H2O4/c1-2-9-6(8)5-7-3-4-10-5;3-1(4)2(5)6/h5,7H,2-4H2,1H3;(H,3,4)(H,5,6). The second-order valence-corrected chi connectivity index (χ2v) is 3.78. The molecule has 1 fully saturated rings. The molecular weight excluding hydrogens is 238 g/mol. The predicted molar refractivity (Wildman–Crippen MR) is 56.2 cm³/mol. The van der Waals surface area contributed by atoms with E-state index in [0.717, 1.165) is 12.3 Å². The minimum atomic E-state index is -1.82. The van der Waals surface area contributed by atoms with Crippen molar-refractivity contribution >= 4 is 29.7 Å². The summed E-state index contributed by atoms with van der Waals surface area (Å²) < 4.78 is 4.80. The van der Waals surface area contributed by atoms with E-state index >= 15 is 0 Å². The van der Waals surface area contributed by atoms with Gasteiger partial charge in [0.25, 0.3) is 0 Å². The molecule has 16 heavy (non-hydrogen) atoms. The van der Waals surface area contributed by atoms with Gasteiger partial charge in [0.1, 0.15) is 0 Å². The molecule has 8 heteroatoms. The maximum absolute atomic E-state index is 10.9. The average Bonchev–Trinajstić information content (AvgIpc) is 2.71. The molecule has 7 nitrogen and oxygen atoms in total. The Morgan fingerprint density at radius 2 is 1.94 bits per heavy atom. The largest absolute Gasteiger partial charge is 0.473 e. The van der Waals surface area contributed by atoms with E-state index in [9.17, 15) is 4.79 Å². The second kappa shape index (κ2) is 7.94. The normalized spacial score (nSPS) is 18.2. The van der Waals surface area contributed by atoms with Gasteiger partial charge in [0, 0.05) is 12.3 Å². The molecule has 0 aromatic carbocycles. The molecule has 1 rings (SSSR count). The van der Waals surface area contributed by atoms with Crippen LogP contribution in [0.1, 0.15) is 6.92 Å². The second-order valence-electron chi connectivity index (χ2n) is 2.57. The number of hydrogen-bond donors (Lipinski definition) is 3. The first-order valence-electron chi connectivity index (χ1n) is 4.46. The quantitative estimate of drug-likeness (QED) is 0.439. The number of esters is 1. The Kier molecular flexibility index (Phi) is 7.31. The lowest BCUT2D eigenvalue weighted by molar-refractivity contribution is -0.159. The predicted octanol–water partition coefficient (Wildman–Crippen LogP) is -0.632. The molecule has 0 saturated carbocycles. The average molecular weight is 251 g/mol. The molecule has 92 valence electrons. The van der Waals surface area contributed by atoms with Crippen LogP contribution in [0.15, 0.2) is 0 Å². The lowest BCUT2D eigenvalue weighted by atomic mass is 10.6. The fraction of sp³-hybridized carbons (Fsp3) is 0.625. The van der Waals surface area contributed by atoms with Gasteiger partial charge in [-0.25, -0.2) is 14.4 Å². The number of hydrogen-bond acceptors (Lipinski definition) is 6. The first kappa shape index (κ1) is 14.7. The topological polar surface area (TPSA) is 113 Å². The third-order valence-corrected chi connectivity index (χ3v) is 2.53. The highest BCUT2D eigenvalue weighted by Crippen LogP contribution is 2.14. The van der Waals surface area contributed by atoms with Crippen molar-refractivity contribution in [3.8, 4) is 0 Å². The molecule has 0 radical (unpaired) electrons. The van der Waals surface area contributed by atoms with Crippen molar-refractivity contribution in [1.82, 2.24) is 5.32 Å². The van der Waals surface area contributed by atoms with E-state index in [-0.39, 0.29) is 11.3 Å². The summed E-state index contributed by atoms with van der Waals surface area (Å²) in [5.41, 5.74) is 0. The number of aliphatic carboxylic acids is 2. The number of rotatable bonds is 2. The SMILES string of the molecule is CCOC(=O)C1NCCS1.O=C(O)C(=O)O. The van der Waals surface area contributed by atoms with Crippen LogP contribution >= 0.6 is 11.8 Å². The Hall–Kier alpha value is -1.28. The highest BCUT2D eigenvalue weighted by Gasteiger charge is 2.23. The molecular formula is C8H13NO6S. The van der Waals surface area contributed by atoms with E-state index in [4.69, 9.17) is 24.5 Å². The molecule has 1 aliphatic heterocycles. The molecule has 1 aliphatic rings. The van der Waals surface area contributed by atoms with Crippen molar-refractivity contribution in [3.05, 3.63) is 0 Å². The van der Waals surface area contributed by atoms with E-state index in [0.29, 0.717) is 6.61 Å². The van der Waals surface area contributed by atoms with Crippen LogP contribution in [0.3, 0.4) is 0 Å². The van der Waals surface area contributed by atoms with Gasteiger partial charge < -0.3 is 14.9 Å². The number of nitrogens with one attached hydrogen (secondary N) is 1. The number of carbonyl (C=O) groups excluding carboxylic acids is 1. The molecule has 0 aromatic rings. The van der Waals surface area contributed by atoms with Crippen LogP contribution in [0.2, 0.25) is 0 Å². The molecule has 0 bridgehead atoms. The smallest absolute Gasteiger partial charge is 0.414 e. The van der Waals surface area contributed by atoms with Gasteiger partial charge in [-0.05, 0) is 6.92 Å². The Labute approximate surface area is 96.2 Å². The van der Waals surface area contributed by atoms with Crippen LogP contribution < -0.4 is 5.32 Å². The maximum Gasteiger partial charge on any atom is 0.414 e. The monoisotopic (exact) mass is 251 g/mol. The Morgan fingerprint density at radius 1 is 1.38 bits per heavy atom. The van der Waals surface area contributed by atoms with Gasteiger partial charge in [0.2, 0.25) is 0 Å². The molecule has 0 amide bonds. The Balaban J connectivity index is 0.000000325. The molecule has 0 aliphatic carbocycles. The summed E-state index contributed by atoms with van der Waals surface area (Å²) in [7, 11) is 0. The summed E-state index contributed by atoms with van der Waals surface area (Å²) in [6.45, 7) is 3.20. The summed E-state index contributed by atoms with van der Waals surface area (Å²) >= 11 is 1.60. The molecule has 3 N–H and O–H groups in total. The van der Waals surface area contributed by atoms with Gasteiger partial charge in [-0.1, -0.05) is 0 Å². The third kappa shape index (κ3) is 6.25. The fourth-order valence-electron chi connectivity index (χ4n) is 0.795. The summed E-state index contributed by atoms with van der Waals surface area (Å²) in [6, 6.07) is 0. The first-order chi connectivity index (χ1) is 7.49. The van der Waals surface area contributed by atoms with E-state index in [2.05, 4.69) is 5.32 Å². The van der Waals surface area contributed by atoms with Gasteiger partial charge in [-0.2, -0.15) is 0 Å². The molecule has 0 aromatic heterocycles. The van der Waals surface area contributed by atoms with E-state index in [1.54, 1.807) is 11.8 Å². The summed E-state index contributed by atoms with van der Waals surface area (Å²) in [6.07, 6.45) is 0. The van der Waals surface area contributed by atoms with Crippen LogP contribution in [-0.4, -0.2) is 52.4 Å². The van der Waals surface area contributed by atoms with Crippen molar-refractivity contribution in [3.63, 3.8) is 0 Å². The van der Waals surface area contributed by atoms with Gasteiger partial charge in [0.15, 0.2) is 5.37 Å². The number of thioether (sulfide) groups is 1. The van der Waals surface area contributed by atoms with E-state index in [1.807, 2.05) is 6.92 Å². The Bertz CT molecular complexity index is 251. The zero-order valence-electron chi connectivity index (χ0n) is 8.63. The molecule has 0 spiro atoms. The lowest BCUT2D eigenvalue weighted by Gasteiger charge is -2.06. The van der Waals surface area contributed by atoms with Gasteiger partial charge in [-0.15, -0.1) is 11.8 Å². The molecule has 1 atom stereocenters. The Morgan fingerprint density at radius 3 is 2.25 bits per heavy atom. The zero-order chi connectivity index (χ0) is 12.6. The third-order valence-electron chi connectivity index (χ3n) is 1.40. The highest BCUT2D eigenvalue weighted by molar-refractivity contribution is 8.00. The van der Waals surface area contributed by atoms with Gasteiger partial charge in [-0.3, -0.25) is 5.32 Å². The van der Waals surface area contributed by atoms with Crippen LogP contribution in [0, 0.1) is 0 Å².